The molecule has 2 aromatic rings. The van der Waals surface area contributed by atoms with Gasteiger partial charge in [0.05, 0.1) is 0 Å². The number of benzene rings is 2. The first-order valence-corrected chi connectivity index (χ1v) is 5.87. The van der Waals surface area contributed by atoms with Crippen molar-refractivity contribution in [3.8, 4) is 0 Å². The van der Waals surface area contributed by atoms with Crippen molar-refractivity contribution in [2.75, 3.05) is 0 Å². The Kier molecular flexibility index (Phi) is 4.52. The summed E-state index contributed by atoms with van der Waals surface area (Å²) >= 11 is 0. The van der Waals surface area contributed by atoms with Crippen LogP contribution in [0.25, 0.3) is 12.2 Å². The van der Waals surface area contributed by atoms with E-state index in [1.807, 2.05) is 36.4 Å². The second kappa shape index (κ2) is 6.76. The van der Waals surface area contributed by atoms with Crippen LogP contribution in [0.2, 0.25) is 0 Å². The van der Waals surface area contributed by atoms with Gasteiger partial charge < -0.3 is 0 Å². The molecule has 0 fully saturated rings. The van der Waals surface area contributed by atoms with Crippen molar-refractivity contribution >= 4 is 35.7 Å². The van der Waals surface area contributed by atoms with E-state index in [1.54, 1.807) is 24.3 Å². The van der Waals surface area contributed by atoms with Gasteiger partial charge in [-0.05, 0) is 11.6 Å². The molecule has 0 atom stereocenters. The van der Waals surface area contributed by atoms with Crippen molar-refractivity contribution in [1.29, 1.82) is 0 Å². The summed E-state index contributed by atoms with van der Waals surface area (Å²) in [5.41, 5.74) is 2.28. The number of isocyanates is 2. The second-order valence-corrected chi connectivity index (χ2v) is 3.87. The summed E-state index contributed by atoms with van der Waals surface area (Å²) in [5.74, 6) is 0. The molecule has 0 aliphatic carbocycles. The maximum atomic E-state index is 10.5. The van der Waals surface area contributed by atoms with Gasteiger partial charge in [0, 0.05) is 5.56 Å². The molecule has 0 amide bonds. The minimum absolute atomic E-state index is 0.290. The van der Waals surface area contributed by atoms with Crippen LogP contribution in [0.1, 0.15) is 11.1 Å². The lowest BCUT2D eigenvalue weighted by molar-refractivity contribution is 0.564. The summed E-state index contributed by atoms with van der Waals surface area (Å²) < 4.78 is 0. The fourth-order valence-corrected chi connectivity index (χ4v) is 1.74. The highest BCUT2D eigenvalue weighted by Crippen LogP contribution is 2.32. The van der Waals surface area contributed by atoms with E-state index in [2.05, 4.69) is 9.98 Å². The Bertz CT molecular complexity index is 723. The average molecular weight is 262 g/mol. The van der Waals surface area contributed by atoms with Crippen LogP contribution in [0, 0.1) is 0 Å². The van der Waals surface area contributed by atoms with Gasteiger partial charge in [-0.25, -0.2) is 9.59 Å². The van der Waals surface area contributed by atoms with E-state index in [-0.39, 0.29) is 0 Å². The molecular formula is C16H10N2O2. The van der Waals surface area contributed by atoms with Gasteiger partial charge in [-0.1, -0.05) is 54.6 Å². The van der Waals surface area contributed by atoms with Crippen LogP contribution in [0.15, 0.2) is 58.5 Å². The highest BCUT2D eigenvalue weighted by molar-refractivity contribution is 5.82. The summed E-state index contributed by atoms with van der Waals surface area (Å²) in [6, 6.07) is 14.8. The minimum Gasteiger partial charge on any atom is -0.211 e. The zero-order chi connectivity index (χ0) is 14.2. The summed E-state index contributed by atoms with van der Waals surface area (Å²) in [6.45, 7) is 0. The molecule has 0 unspecified atom stereocenters. The second-order valence-electron chi connectivity index (χ2n) is 3.87. The summed E-state index contributed by atoms with van der Waals surface area (Å²) in [4.78, 5) is 28.0. The van der Waals surface area contributed by atoms with E-state index in [0.717, 1.165) is 5.56 Å². The molecule has 0 saturated heterocycles. The zero-order valence-electron chi connectivity index (χ0n) is 10.5. The summed E-state index contributed by atoms with van der Waals surface area (Å²) in [6.07, 6.45) is 6.60. The van der Waals surface area contributed by atoms with E-state index < -0.39 is 0 Å². The van der Waals surface area contributed by atoms with E-state index in [0.29, 0.717) is 16.9 Å². The molecule has 20 heavy (non-hydrogen) atoms. The number of hydrogen-bond donors (Lipinski definition) is 0. The Morgan fingerprint density at radius 2 is 1.55 bits per heavy atom. The zero-order valence-corrected chi connectivity index (χ0v) is 10.5. The standard InChI is InChI=1S/C16H10N2O2/c19-11-17-15-8-4-7-14(16(15)18-12-20)10-9-13-5-2-1-3-6-13/h1-10H/b10-9+. The summed E-state index contributed by atoms with van der Waals surface area (Å²) in [7, 11) is 0. The van der Waals surface area contributed by atoms with Crippen LogP contribution < -0.4 is 0 Å². The van der Waals surface area contributed by atoms with Crippen LogP contribution >= 0.6 is 0 Å². The van der Waals surface area contributed by atoms with E-state index in [9.17, 15) is 9.59 Å². The Labute approximate surface area is 115 Å². The molecule has 0 saturated carbocycles. The van der Waals surface area contributed by atoms with Crippen molar-refractivity contribution in [2.24, 2.45) is 9.98 Å². The predicted molar refractivity (Wildman–Crippen MR) is 77.4 cm³/mol. The quantitative estimate of drug-likeness (QED) is 0.478. The molecule has 96 valence electrons. The van der Waals surface area contributed by atoms with Gasteiger partial charge in [-0.3, -0.25) is 0 Å². The first kappa shape index (κ1) is 13.4. The van der Waals surface area contributed by atoms with Crippen molar-refractivity contribution in [3.05, 3.63) is 59.7 Å². The minimum atomic E-state index is 0.290. The molecule has 4 nitrogen and oxygen atoms in total. The molecular weight excluding hydrogens is 252 g/mol. The van der Waals surface area contributed by atoms with Gasteiger partial charge in [0.25, 0.3) is 0 Å². The third-order valence-corrected chi connectivity index (χ3v) is 2.62. The number of para-hydroxylation sites is 1. The molecule has 0 aromatic heterocycles. The first-order chi connectivity index (χ1) is 9.85. The predicted octanol–water partition coefficient (Wildman–Crippen LogP) is 3.79. The van der Waals surface area contributed by atoms with Crippen LogP contribution in [-0.4, -0.2) is 12.2 Å². The fourth-order valence-electron chi connectivity index (χ4n) is 1.74. The highest BCUT2D eigenvalue weighted by Gasteiger charge is 2.04. The van der Waals surface area contributed by atoms with E-state index >= 15 is 0 Å². The molecule has 0 N–H and O–H groups in total. The topological polar surface area (TPSA) is 58.9 Å². The molecule has 2 aromatic carbocycles. The number of nitrogens with zero attached hydrogens (tertiary/aromatic N) is 2. The van der Waals surface area contributed by atoms with Gasteiger partial charge in [0.1, 0.15) is 11.4 Å². The third kappa shape index (κ3) is 3.24. The lowest BCUT2D eigenvalue weighted by Crippen LogP contribution is -1.77. The molecule has 0 radical (unpaired) electrons. The normalized spacial score (nSPS) is 9.80. The van der Waals surface area contributed by atoms with Gasteiger partial charge in [-0.15, -0.1) is 0 Å². The SMILES string of the molecule is O=C=Nc1cccc(/C=C/c2ccccc2)c1N=C=O. The van der Waals surface area contributed by atoms with Gasteiger partial charge >= 0.3 is 0 Å². The van der Waals surface area contributed by atoms with E-state index in [4.69, 9.17) is 0 Å². The number of aliphatic imine (C=N–C) groups is 2. The Morgan fingerprint density at radius 3 is 2.25 bits per heavy atom. The van der Waals surface area contributed by atoms with Crippen molar-refractivity contribution < 1.29 is 9.59 Å². The summed E-state index contributed by atoms with van der Waals surface area (Å²) in [5, 5.41) is 0. The lowest BCUT2D eigenvalue weighted by atomic mass is 10.1. The van der Waals surface area contributed by atoms with Gasteiger partial charge in [0.15, 0.2) is 0 Å². The molecule has 0 spiro atoms. The van der Waals surface area contributed by atoms with Crippen molar-refractivity contribution in [2.45, 2.75) is 0 Å². The largest absolute Gasteiger partial charge is 0.240 e. The molecule has 4 heteroatoms. The fraction of sp³-hybridized carbons (Fsp3) is 0. The molecule has 2 rings (SSSR count). The molecule has 0 bridgehead atoms. The van der Waals surface area contributed by atoms with Gasteiger partial charge in [-0.2, -0.15) is 9.98 Å². The van der Waals surface area contributed by atoms with Crippen LogP contribution in [-0.2, 0) is 9.59 Å². The Balaban J connectivity index is 2.46. The maximum absolute atomic E-state index is 10.5. The first-order valence-electron chi connectivity index (χ1n) is 5.87. The molecule has 0 aliphatic heterocycles. The number of hydrogen-bond acceptors (Lipinski definition) is 4. The monoisotopic (exact) mass is 262 g/mol. The van der Waals surface area contributed by atoms with Gasteiger partial charge in [0.2, 0.25) is 12.2 Å². The van der Waals surface area contributed by atoms with Crippen LogP contribution in [0.3, 0.4) is 0 Å². The number of rotatable bonds is 4. The third-order valence-electron chi connectivity index (χ3n) is 2.62. The maximum Gasteiger partial charge on any atom is 0.240 e. The van der Waals surface area contributed by atoms with Crippen LogP contribution in [0.4, 0.5) is 11.4 Å². The average Bonchev–Trinajstić information content (AvgIpc) is 2.49. The molecule has 0 heterocycles. The lowest BCUT2D eigenvalue weighted by Gasteiger charge is -2.01. The van der Waals surface area contributed by atoms with Crippen LogP contribution in [0.5, 0.6) is 0 Å². The van der Waals surface area contributed by atoms with E-state index in [1.165, 1.54) is 12.2 Å². The van der Waals surface area contributed by atoms with Crippen molar-refractivity contribution in [3.63, 3.8) is 0 Å². The smallest absolute Gasteiger partial charge is 0.211 e. The Morgan fingerprint density at radius 1 is 0.800 bits per heavy atom. The molecule has 0 aliphatic rings. The number of carbonyl (C=O) groups excluding carboxylic acids is 2. The Hall–Kier alpha value is -3.06. The van der Waals surface area contributed by atoms with Crippen molar-refractivity contribution in [1.82, 2.24) is 0 Å². The highest BCUT2D eigenvalue weighted by atomic mass is 16.1.